The van der Waals surface area contributed by atoms with E-state index in [-0.39, 0.29) is 6.04 Å². The molecule has 0 aromatic rings. The molecule has 0 bridgehead atoms. The van der Waals surface area contributed by atoms with Gasteiger partial charge in [-0.3, -0.25) is 4.90 Å². The van der Waals surface area contributed by atoms with E-state index >= 15 is 0 Å². The first-order valence-electron chi connectivity index (χ1n) is 4.65. The van der Waals surface area contributed by atoms with Gasteiger partial charge in [-0.2, -0.15) is 11.8 Å². The van der Waals surface area contributed by atoms with E-state index in [1.165, 1.54) is 6.26 Å². The molecule has 1 saturated heterocycles. The molecule has 0 amide bonds. The summed E-state index contributed by atoms with van der Waals surface area (Å²) in [5.41, 5.74) is 5.56. The molecular formula is C8H16N2O2S3. The van der Waals surface area contributed by atoms with Crippen LogP contribution in [-0.2, 0) is 9.84 Å². The van der Waals surface area contributed by atoms with Gasteiger partial charge in [0.25, 0.3) is 0 Å². The standard InChI is InChI=1S/C8H16N2O2S3/c1-6(8(9)13)10-3-4-14-5-7(10)15(2,11)12/h6-7H,3-5H2,1-2H3,(H2,9,13). The lowest BCUT2D eigenvalue weighted by Gasteiger charge is -2.37. The minimum Gasteiger partial charge on any atom is -0.392 e. The van der Waals surface area contributed by atoms with Crippen molar-refractivity contribution < 1.29 is 8.42 Å². The first-order chi connectivity index (χ1) is 6.84. The minimum atomic E-state index is -3.06. The van der Waals surface area contributed by atoms with Crippen molar-refractivity contribution in [3.63, 3.8) is 0 Å². The second-order valence-electron chi connectivity index (χ2n) is 3.68. The van der Waals surface area contributed by atoms with Crippen LogP contribution in [-0.4, -0.2) is 54.0 Å². The molecule has 7 heteroatoms. The van der Waals surface area contributed by atoms with Gasteiger partial charge in [-0.1, -0.05) is 12.2 Å². The lowest BCUT2D eigenvalue weighted by molar-refractivity contribution is 0.250. The van der Waals surface area contributed by atoms with Crippen molar-refractivity contribution in [3.8, 4) is 0 Å². The van der Waals surface area contributed by atoms with Gasteiger partial charge < -0.3 is 5.73 Å². The third-order valence-electron chi connectivity index (χ3n) is 2.53. The van der Waals surface area contributed by atoms with Gasteiger partial charge in [-0.15, -0.1) is 0 Å². The zero-order valence-corrected chi connectivity index (χ0v) is 11.3. The van der Waals surface area contributed by atoms with Gasteiger partial charge in [-0.25, -0.2) is 8.42 Å². The first-order valence-corrected chi connectivity index (χ1v) is 8.17. The highest BCUT2D eigenvalue weighted by Crippen LogP contribution is 2.22. The van der Waals surface area contributed by atoms with E-state index in [1.54, 1.807) is 11.8 Å². The smallest absolute Gasteiger partial charge is 0.164 e. The van der Waals surface area contributed by atoms with Crippen LogP contribution in [0.4, 0.5) is 0 Å². The van der Waals surface area contributed by atoms with Crippen molar-refractivity contribution in [1.29, 1.82) is 0 Å². The molecule has 1 aliphatic rings. The zero-order chi connectivity index (χ0) is 11.6. The van der Waals surface area contributed by atoms with Crippen molar-refractivity contribution >= 4 is 38.8 Å². The number of sulfone groups is 1. The molecule has 1 rings (SSSR count). The Morgan fingerprint density at radius 2 is 2.27 bits per heavy atom. The number of thioether (sulfide) groups is 1. The van der Waals surface area contributed by atoms with Crippen molar-refractivity contribution in [2.75, 3.05) is 24.3 Å². The number of thiocarbonyl (C=S) groups is 1. The van der Waals surface area contributed by atoms with Gasteiger partial charge in [0, 0.05) is 24.3 Å². The Morgan fingerprint density at radius 1 is 1.67 bits per heavy atom. The molecule has 4 nitrogen and oxygen atoms in total. The summed E-state index contributed by atoms with van der Waals surface area (Å²) in [6.07, 6.45) is 1.27. The highest BCUT2D eigenvalue weighted by molar-refractivity contribution is 8.00. The molecule has 0 saturated carbocycles. The summed E-state index contributed by atoms with van der Waals surface area (Å²) in [6.45, 7) is 2.58. The van der Waals surface area contributed by atoms with Crippen LogP contribution in [0.5, 0.6) is 0 Å². The maximum atomic E-state index is 11.6. The second-order valence-corrected chi connectivity index (χ2v) is 7.50. The minimum absolute atomic E-state index is 0.152. The van der Waals surface area contributed by atoms with E-state index in [1.807, 2.05) is 11.8 Å². The number of hydrogen-bond acceptors (Lipinski definition) is 5. The third-order valence-corrected chi connectivity index (χ3v) is 5.53. The number of nitrogens with two attached hydrogens (primary N) is 1. The summed E-state index contributed by atoms with van der Waals surface area (Å²) >= 11 is 6.57. The fourth-order valence-corrected chi connectivity index (χ4v) is 4.66. The molecule has 88 valence electrons. The third kappa shape index (κ3) is 3.30. The molecule has 0 radical (unpaired) electrons. The maximum absolute atomic E-state index is 11.6. The number of nitrogens with zero attached hydrogens (tertiary/aromatic N) is 1. The summed E-state index contributed by atoms with van der Waals surface area (Å²) in [5, 5.41) is -0.451. The Balaban J connectivity index is 2.88. The molecule has 0 aliphatic carbocycles. The topological polar surface area (TPSA) is 63.4 Å². The Bertz CT molecular complexity index is 342. The summed E-state index contributed by atoms with van der Waals surface area (Å²) < 4.78 is 23.2. The summed E-state index contributed by atoms with van der Waals surface area (Å²) in [4.78, 5) is 2.24. The van der Waals surface area contributed by atoms with E-state index in [9.17, 15) is 8.42 Å². The monoisotopic (exact) mass is 268 g/mol. The SMILES string of the molecule is CC(C(N)=S)N1CCSCC1S(C)(=O)=O. The highest BCUT2D eigenvalue weighted by Gasteiger charge is 2.34. The molecule has 2 unspecified atom stereocenters. The molecule has 1 heterocycles. The molecule has 0 aromatic carbocycles. The number of hydrogen-bond donors (Lipinski definition) is 1. The summed E-state index contributed by atoms with van der Waals surface area (Å²) in [5.74, 6) is 1.53. The van der Waals surface area contributed by atoms with Crippen molar-refractivity contribution in [2.45, 2.75) is 18.3 Å². The Hall–Kier alpha value is 0.150. The van der Waals surface area contributed by atoms with Crippen LogP contribution in [0.1, 0.15) is 6.92 Å². The first kappa shape index (κ1) is 13.2. The van der Waals surface area contributed by atoms with Crippen LogP contribution >= 0.6 is 24.0 Å². The lowest BCUT2D eigenvalue weighted by atomic mass is 10.3. The quantitative estimate of drug-likeness (QED) is 0.732. The average Bonchev–Trinajstić information content (AvgIpc) is 2.15. The van der Waals surface area contributed by atoms with E-state index in [4.69, 9.17) is 18.0 Å². The van der Waals surface area contributed by atoms with E-state index in [0.29, 0.717) is 10.7 Å². The summed E-state index contributed by atoms with van der Waals surface area (Å²) in [7, 11) is -3.06. The number of rotatable bonds is 3. The molecule has 1 aliphatic heterocycles. The van der Waals surface area contributed by atoms with Crippen molar-refractivity contribution in [3.05, 3.63) is 0 Å². The van der Waals surface area contributed by atoms with Gasteiger partial charge in [0.2, 0.25) is 0 Å². The van der Waals surface area contributed by atoms with Gasteiger partial charge in [0.15, 0.2) is 9.84 Å². The normalized spacial score (nSPS) is 26.1. The maximum Gasteiger partial charge on any atom is 0.164 e. The Kier molecular flexibility index (Phi) is 4.39. The largest absolute Gasteiger partial charge is 0.392 e. The van der Waals surface area contributed by atoms with Gasteiger partial charge in [0.1, 0.15) is 5.37 Å². The van der Waals surface area contributed by atoms with Crippen LogP contribution in [0.15, 0.2) is 0 Å². The van der Waals surface area contributed by atoms with Crippen LogP contribution < -0.4 is 5.73 Å². The van der Waals surface area contributed by atoms with Gasteiger partial charge >= 0.3 is 0 Å². The molecule has 15 heavy (non-hydrogen) atoms. The lowest BCUT2D eigenvalue weighted by Crippen LogP contribution is -2.54. The van der Waals surface area contributed by atoms with E-state index in [0.717, 1.165) is 12.3 Å². The average molecular weight is 268 g/mol. The van der Waals surface area contributed by atoms with Crippen molar-refractivity contribution in [2.24, 2.45) is 5.73 Å². The van der Waals surface area contributed by atoms with Crippen LogP contribution in [0, 0.1) is 0 Å². The summed E-state index contributed by atoms with van der Waals surface area (Å²) in [6, 6.07) is -0.152. The molecule has 2 atom stereocenters. The zero-order valence-electron chi connectivity index (χ0n) is 8.84. The van der Waals surface area contributed by atoms with E-state index in [2.05, 4.69) is 0 Å². The van der Waals surface area contributed by atoms with Crippen LogP contribution in [0.25, 0.3) is 0 Å². The fourth-order valence-electron chi connectivity index (χ4n) is 1.57. The molecule has 0 spiro atoms. The predicted molar refractivity (Wildman–Crippen MR) is 68.9 cm³/mol. The van der Waals surface area contributed by atoms with Crippen LogP contribution in [0.3, 0.4) is 0 Å². The van der Waals surface area contributed by atoms with Crippen molar-refractivity contribution in [1.82, 2.24) is 4.90 Å². The highest BCUT2D eigenvalue weighted by atomic mass is 32.2. The molecule has 0 aromatic heterocycles. The van der Waals surface area contributed by atoms with Gasteiger partial charge in [0.05, 0.1) is 11.0 Å². The predicted octanol–water partition coefficient (Wildman–Crippen LogP) is 0.0805. The fraction of sp³-hybridized carbons (Fsp3) is 0.875. The van der Waals surface area contributed by atoms with E-state index < -0.39 is 15.2 Å². The van der Waals surface area contributed by atoms with Crippen LogP contribution in [0.2, 0.25) is 0 Å². The van der Waals surface area contributed by atoms with Gasteiger partial charge in [-0.05, 0) is 6.92 Å². The second kappa shape index (κ2) is 4.99. The molecule has 1 fully saturated rings. The molecule has 2 N–H and O–H groups in total. The Labute approximate surface area is 100 Å². The molecular weight excluding hydrogens is 252 g/mol. The Morgan fingerprint density at radius 3 is 2.73 bits per heavy atom.